The monoisotopic (exact) mass is 438 g/mol. The Bertz CT molecular complexity index is 957. The first-order chi connectivity index (χ1) is 15.0. The summed E-state index contributed by atoms with van der Waals surface area (Å²) in [5.41, 5.74) is 2.95. The quantitative estimate of drug-likeness (QED) is 0.503. The first-order valence-electron chi connectivity index (χ1n) is 11.0. The molecular formula is C25H30N2O3S. The van der Waals surface area contributed by atoms with Crippen LogP contribution in [0.4, 0.5) is 5.69 Å². The van der Waals surface area contributed by atoms with Crippen molar-refractivity contribution in [2.24, 2.45) is 0 Å². The standard InChI is InChI=1S/C25H30N2O3S/c1-19-9-8-10-20(17-19)18-25(24(29)30-2)23(28)27(16-15-26-13-6-3-7-14-26)21-11-4-5-12-22(21)31-25/h4-5,8-12,17H,3,6-7,13-16,18H2,1-2H3. The van der Waals surface area contributed by atoms with E-state index in [-0.39, 0.29) is 5.91 Å². The molecular weight excluding hydrogens is 408 g/mol. The number of rotatable bonds is 6. The highest BCUT2D eigenvalue weighted by Crippen LogP contribution is 2.47. The maximum Gasteiger partial charge on any atom is 0.332 e. The van der Waals surface area contributed by atoms with Gasteiger partial charge in [0.25, 0.3) is 5.91 Å². The summed E-state index contributed by atoms with van der Waals surface area (Å²) in [5.74, 6) is -0.664. The van der Waals surface area contributed by atoms with Crippen LogP contribution >= 0.6 is 11.8 Å². The van der Waals surface area contributed by atoms with Gasteiger partial charge in [0.2, 0.25) is 4.75 Å². The highest BCUT2D eigenvalue weighted by molar-refractivity contribution is 8.02. The number of thioether (sulfide) groups is 1. The zero-order valence-electron chi connectivity index (χ0n) is 18.3. The molecule has 1 atom stereocenters. The van der Waals surface area contributed by atoms with Gasteiger partial charge in [-0.15, -0.1) is 0 Å². The van der Waals surface area contributed by atoms with Crippen LogP contribution in [0.3, 0.4) is 0 Å². The summed E-state index contributed by atoms with van der Waals surface area (Å²) in [4.78, 5) is 32.3. The van der Waals surface area contributed by atoms with E-state index in [0.29, 0.717) is 13.0 Å². The Kier molecular flexibility index (Phi) is 6.68. The molecule has 1 fully saturated rings. The van der Waals surface area contributed by atoms with Crippen LogP contribution < -0.4 is 4.90 Å². The SMILES string of the molecule is COC(=O)C1(Cc2cccc(C)c2)Sc2ccccc2N(CCN2CCCCC2)C1=O. The molecule has 2 aliphatic heterocycles. The molecule has 0 saturated carbocycles. The molecule has 0 bridgehead atoms. The van der Waals surface area contributed by atoms with Gasteiger partial charge >= 0.3 is 5.97 Å². The number of benzene rings is 2. The van der Waals surface area contributed by atoms with Crippen LogP contribution in [0.2, 0.25) is 0 Å². The average molecular weight is 439 g/mol. The van der Waals surface area contributed by atoms with Crippen molar-refractivity contribution in [3.05, 3.63) is 59.7 Å². The van der Waals surface area contributed by atoms with E-state index in [4.69, 9.17) is 4.74 Å². The van der Waals surface area contributed by atoms with E-state index in [0.717, 1.165) is 41.3 Å². The number of carbonyl (C=O) groups excluding carboxylic acids is 2. The van der Waals surface area contributed by atoms with Crippen LogP contribution in [0.5, 0.6) is 0 Å². The number of hydrogen-bond acceptors (Lipinski definition) is 5. The topological polar surface area (TPSA) is 49.9 Å². The van der Waals surface area contributed by atoms with Gasteiger partial charge in [0.15, 0.2) is 0 Å². The minimum Gasteiger partial charge on any atom is -0.468 e. The number of nitrogens with zero attached hydrogens (tertiary/aromatic N) is 2. The van der Waals surface area contributed by atoms with Crippen LogP contribution in [0.15, 0.2) is 53.4 Å². The predicted molar refractivity (Wildman–Crippen MR) is 125 cm³/mol. The number of amides is 1. The second kappa shape index (κ2) is 9.45. The summed E-state index contributed by atoms with van der Waals surface area (Å²) in [6, 6.07) is 15.9. The minimum absolute atomic E-state index is 0.179. The van der Waals surface area contributed by atoms with Crippen molar-refractivity contribution in [1.82, 2.24) is 4.90 Å². The fourth-order valence-electron chi connectivity index (χ4n) is 4.56. The molecule has 2 aromatic rings. The Morgan fingerprint density at radius 2 is 1.84 bits per heavy atom. The molecule has 0 spiro atoms. The Balaban J connectivity index is 1.69. The van der Waals surface area contributed by atoms with E-state index in [1.807, 2.05) is 60.4 Å². The number of carbonyl (C=O) groups is 2. The van der Waals surface area contributed by atoms with Gasteiger partial charge in [-0.2, -0.15) is 0 Å². The molecule has 1 saturated heterocycles. The number of methoxy groups -OCH3 is 1. The molecule has 1 amide bonds. The molecule has 2 heterocycles. The number of para-hydroxylation sites is 1. The first kappa shape index (κ1) is 21.9. The predicted octanol–water partition coefficient (Wildman–Crippen LogP) is 4.07. The second-order valence-electron chi connectivity index (χ2n) is 8.41. The molecule has 1 unspecified atom stereocenters. The van der Waals surface area contributed by atoms with Crippen LogP contribution in [0.25, 0.3) is 0 Å². The van der Waals surface area contributed by atoms with Gasteiger partial charge in [0.1, 0.15) is 0 Å². The van der Waals surface area contributed by atoms with Gasteiger partial charge in [-0.25, -0.2) is 4.79 Å². The largest absolute Gasteiger partial charge is 0.468 e. The molecule has 0 aliphatic carbocycles. The van der Waals surface area contributed by atoms with Crippen molar-refractivity contribution in [3.8, 4) is 0 Å². The molecule has 0 aromatic heterocycles. The van der Waals surface area contributed by atoms with Crippen LogP contribution in [0, 0.1) is 6.92 Å². The van der Waals surface area contributed by atoms with Gasteiger partial charge in [0.05, 0.1) is 12.8 Å². The minimum atomic E-state index is -1.32. The number of piperidine rings is 1. The van der Waals surface area contributed by atoms with Crippen LogP contribution in [-0.4, -0.2) is 54.8 Å². The summed E-state index contributed by atoms with van der Waals surface area (Å²) in [6.07, 6.45) is 4.00. The highest BCUT2D eigenvalue weighted by Gasteiger charge is 2.54. The highest BCUT2D eigenvalue weighted by atomic mass is 32.2. The van der Waals surface area contributed by atoms with Crippen molar-refractivity contribution in [2.75, 3.05) is 38.2 Å². The number of fused-ring (bicyclic) bond motifs is 1. The smallest absolute Gasteiger partial charge is 0.332 e. The van der Waals surface area contributed by atoms with E-state index in [1.54, 1.807) is 0 Å². The first-order valence-corrected chi connectivity index (χ1v) is 11.8. The lowest BCUT2D eigenvalue weighted by molar-refractivity contribution is -0.147. The third-order valence-electron chi connectivity index (χ3n) is 6.17. The normalized spacial score (nSPS) is 21.6. The Hall–Kier alpha value is -2.31. The fourth-order valence-corrected chi connectivity index (χ4v) is 5.97. The van der Waals surface area contributed by atoms with Gasteiger partial charge < -0.3 is 14.5 Å². The van der Waals surface area contributed by atoms with Crippen molar-refractivity contribution >= 4 is 29.3 Å². The van der Waals surface area contributed by atoms with E-state index in [9.17, 15) is 9.59 Å². The summed E-state index contributed by atoms with van der Waals surface area (Å²) < 4.78 is 3.89. The maximum absolute atomic E-state index is 14.0. The Morgan fingerprint density at radius 1 is 1.06 bits per heavy atom. The van der Waals surface area contributed by atoms with Gasteiger partial charge in [-0.3, -0.25) is 4.79 Å². The van der Waals surface area contributed by atoms with Crippen molar-refractivity contribution in [3.63, 3.8) is 0 Å². The van der Waals surface area contributed by atoms with Gasteiger partial charge in [-0.05, 0) is 50.6 Å². The van der Waals surface area contributed by atoms with Gasteiger partial charge in [0, 0.05) is 24.4 Å². The molecule has 0 N–H and O–H groups in total. The zero-order valence-corrected chi connectivity index (χ0v) is 19.1. The van der Waals surface area contributed by atoms with E-state index in [2.05, 4.69) is 4.90 Å². The molecule has 2 aromatic carbocycles. The van der Waals surface area contributed by atoms with E-state index < -0.39 is 10.7 Å². The lowest BCUT2D eigenvalue weighted by atomic mass is 9.95. The molecule has 164 valence electrons. The van der Waals surface area contributed by atoms with Crippen molar-refractivity contribution in [2.45, 2.75) is 42.2 Å². The van der Waals surface area contributed by atoms with Crippen LogP contribution in [0.1, 0.15) is 30.4 Å². The molecule has 6 heteroatoms. The van der Waals surface area contributed by atoms with Crippen LogP contribution in [-0.2, 0) is 20.7 Å². The Morgan fingerprint density at radius 3 is 2.58 bits per heavy atom. The summed E-state index contributed by atoms with van der Waals surface area (Å²) in [7, 11) is 1.37. The molecule has 5 nitrogen and oxygen atoms in total. The number of likely N-dealkylation sites (tertiary alicyclic amines) is 1. The number of esters is 1. The molecule has 0 radical (unpaired) electrons. The second-order valence-corrected chi connectivity index (χ2v) is 9.75. The van der Waals surface area contributed by atoms with Crippen molar-refractivity contribution in [1.29, 1.82) is 0 Å². The zero-order chi connectivity index (χ0) is 21.8. The molecule has 4 rings (SSSR count). The molecule has 31 heavy (non-hydrogen) atoms. The third-order valence-corrected chi connectivity index (χ3v) is 7.57. The summed E-state index contributed by atoms with van der Waals surface area (Å²) in [6.45, 7) is 5.55. The lowest BCUT2D eigenvalue weighted by Crippen LogP contribution is -2.57. The van der Waals surface area contributed by atoms with E-state index in [1.165, 1.54) is 38.1 Å². The summed E-state index contributed by atoms with van der Waals surface area (Å²) >= 11 is 1.33. The number of anilines is 1. The maximum atomic E-state index is 14.0. The number of aryl methyl sites for hydroxylation is 1. The number of hydrogen-bond donors (Lipinski definition) is 0. The number of ether oxygens (including phenoxy) is 1. The Labute approximate surface area is 188 Å². The fraction of sp³-hybridized carbons (Fsp3) is 0.440. The van der Waals surface area contributed by atoms with Gasteiger partial charge in [-0.1, -0.05) is 60.1 Å². The lowest BCUT2D eigenvalue weighted by Gasteiger charge is -2.41. The average Bonchev–Trinajstić information content (AvgIpc) is 2.79. The third kappa shape index (κ3) is 4.51. The summed E-state index contributed by atoms with van der Waals surface area (Å²) in [5, 5.41) is 0. The van der Waals surface area contributed by atoms with Crippen molar-refractivity contribution < 1.29 is 14.3 Å². The molecule has 2 aliphatic rings. The van der Waals surface area contributed by atoms with E-state index >= 15 is 0 Å².